The van der Waals surface area contributed by atoms with E-state index in [1.165, 1.54) is 0 Å². The van der Waals surface area contributed by atoms with Gasteiger partial charge in [-0.2, -0.15) is 9.97 Å². The van der Waals surface area contributed by atoms with Crippen molar-refractivity contribution in [2.24, 2.45) is 0 Å². The highest BCUT2D eigenvalue weighted by molar-refractivity contribution is 5.88. The van der Waals surface area contributed by atoms with E-state index in [-0.39, 0.29) is 0 Å². The van der Waals surface area contributed by atoms with Crippen molar-refractivity contribution in [2.75, 3.05) is 10.6 Å². The number of anilines is 4. The van der Waals surface area contributed by atoms with Crippen LogP contribution in [0.15, 0.2) is 61.1 Å². The molecule has 0 unspecified atom stereocenters. The van der Waals surface area contributed by atoms with Crippen LogP contribution in [0.2, 0.25) is 0 Å². The molecule has 0 spiro atoms. The molecule has 0 bridgehead atoms. The van der Waals surface area contributed by atoms with Crippen molar-refractivity contribution in [2.45, 2.75) is 13.8 Å². The molecule has 0 radical (unpaired) electrons. The minimum absolute atomic E-state index is 0.484. The lowest BCUT2D eigenvalue weighted by atomic mass is 10.1. The standard InChI is InChI=1S/C22H19N7/c1-13-6-5-7-14(2)18(13)27-22-28-20-19(24-12-25-20)21(29-22)26-16-10-15-8-3-4-9-17(15)23-11-16/h3-12H,1-2H3,(H3,24,25,26,27,28,29). The van der Waals surface area contributed by atoms with Gasteiger partial charge in [0.15, 0.2) is 11.5 Å². The quantitative estimate of drug-likeness (QED) is 0.405. The Morgan fingerprint density at radius 2 is 1.69 bits per heavy atom. The summed E-state index contributed by atoms with van der Waals surface area (Å²) in [4.78, 5) is 21.2. The molecule has 0 saturated carbocycles. The van der Waals surface area contributed by atoms with Gasteiger partial charge in [0.25, 0.3) is 0 Å². The van der Waals surface area contributed by atoms with Crippen LogP contribution in [0.5, 0.6) is 0 Å². The summed E-state index contributed by atoms with van der Waals surface area (Å²) in [5.74, 6) is 1.12. The Labute approximate surface area is 167 Å². The predicted octanol–water partition coefficient (Wildman–Crippen LogP) is 5.01. The molecule has 0 aliphatic carbocycles. The molecule has 3 aromatic heterocycles. The van der Waals surface area contributed by atoms with Crippen molar-refractivity contribution in [1.82, 2.24) is 24.9 Å². The number of nitrogens with zero attached hydrogens (tertiary/aromatic N) is 4. The first kappa shape index (κ1) is 17.1. The average Bonchev–Trinajstić information content (AvgIpc) is 3.20. The maximum absolute atomic E-state index is 4.69. The van der Waals surface area contributed by atoms with Crippen LogP contribution >= 0.6 is 0 Å². The highest BCUT2D eigenvalue weighted by Crippen LogP contribution is 2.27. The Morgan fingerprint density at radius 3 is 2.55 bits per heavy atom. The highest BCUT2D eigenvalue weighted by Gasteiger charge is 2.12. The van der Waals surface area contributed by atoms with Crippen molar-refractivity contribution in [3.63, 3.8) is 0 Å². The summed E-state index contributed by atoms with van der Waals surface area (Å²) in [6.45, 7) is 4.12. The van der Waals surface area contributed by atoms with E-state index in [4.69, 9.17) is 4.98 Å². The summed E-state index contributed by atoms with van der Waals surface area (Å²) < 4.78 is 0. The molecule has 29 heavy (non-hydrogen) atoms. The lowest BCUT2D eigenvalue weighted by Crippen LogP contribution is -2.04. The summed E-state index contributed by atoms with van der Waals surface area (Å²) in [7, 11) is 0. The van der Waals surface area contributed by atoms with Gasteiger partial charge >= 0.3 is 0 Å². The number of H-pyrrole nitrogens is 1. The molecule has 0 aliphatic rings. The van der Waals surface area contributed by atoms with Gasteiger partial charge in [-0.1, -0.05) is 36.4 Å². The van der Waals surface area contributed by atoms with Crippen LogP contribution in [-0.2, 0) is 0 Å². The third-order valence-electron chi connectivity index (χ3n) is 4.86. The zero-order chi connectivity index (χ0) is 19.8. The zero-order valence-corrected chi connectivity index (χ0v) is 16.1. The Balaban J connectivity index is 1.55. The SMILES string of the molecule is Cc1cccc(C)c1Nc1nc(Nc2cnc3ccccc3c2)c2[nH]cnc2n1. The molecular formula is C22H19N7. The largest absolute Gasteiger partial charge is 0.340 e. The summed E-state index contributed by atoms with van der Waals surface area (Å²) in [6, 6.07) is 16.2. The van der Waals surface area contributed by atoms with Gasteiger partial charge in [-0.05, 0) is 37.1 Å². The number of aromatic amines is 1. The summed E-state index contributed by atoms with van der Waals surface area (Å²) >= 11 is 0. The van der Waals surface area contributed by atoms with Crippen molar-refractivity contribution in [3.8, 4) is 0 Å². The molecular weight excluding hydrogens is 362 g/mol. The van der Waals surface area contributed by atoms with E-state index < -0.39 is 0 Å². The van der Waals surface area contributed by atoms with Crippen LogP contribution in [0.4, 0.5) is 23.1 Å². The van der Waals surface area contributed by atoms with E-state index in [1.54, 1.807) is 12.5 Å². The second-order valence-electron chi connectivity index (χ2n) is 6.93. The molecule has 142 valence electrons. The summed E-state index contributed by atoms with van der Waals surface area (Å²) in [6.07, 6.45) is 3.41. The van der Waals surface area contributed by atoms with Crippen molar-refractivity contribution < 1.29 is 0 Å². The number of hydrogen-bond donors (Lipinski definition) is 3. The lowest BCUT2D eigenvalue weighted by Gasteiger charge is -2.13. The first-order valence-electron chi connectivity index (χ1n) is 9.33. The average molecular weight is 381 g/mol. The molecule has 0 saturated heterocycles. The van der Waals surface area contributed by atoms with Crippen molar-refractivity contribution in [3.05, 3.63) is 72.2 Å². The van der Waals surface area contributed by atoms with E-state index in [0.717, 1.165) is 38.9 Å². The normalized spacial score (nSPS) is 11.1. The molecule has 7 nitrogen and oxygen atoms in total. The van der Waals surface area contributed by atoms with E-state index in [0.29, 0.717) is 17.4 Å². The minimum atomic E-state index is 0.484. The second kappa shape index (κ2) is 6.87. The second-order valence-corrected chi connectivity index (χ2v) is 6.93. The van der Waals surface area contributed by atoms with Crippen LogP contribution in [-0.4, -0.2) is 24.9 Å². The smallest absolute Gasteiger partial charge is 0.231 e. The van der Waals surface area contributed by atoms with Crippen LogP contribution in [0.25, 0.3) is 22.1 Å². The van der Waals surface area contributed by atoms with E-state index in [1.807, 2.05) is 36.4 Å². The number of para-hydroxylation sites is 2. The third kappa shape index (κ3) is 3.23. The van der Waals surface area contributed by atoms with Crippen molar-refractivity contribution >= 4 is 45.2 Å². The molecule has 2 aromatic carbocycles. The Hall–Kier alpha value is -4.00. The number of hydrogen-bond acceptors (Lipinski definition) is 6. The van der Waals surface area contributed by atoms with Gasteiger partial charge in [0.2, 0.25) is 5.95 Å². The first-order chi connectivity index (χ1) is 14.2. The number of aromatic nitrogens is 5. The summed E-state index contributed by atoms with van der Waals surface area (Å²) in [5, 5.41) is 7.76. The third-order valence-corrected chi connectivity index (χ3v) is 4.86. The molecule has 7 heteroatoms. The molecule has 5 aromatic rings. The van der Waals surface area contributed by atoms with Crippen LogP contribution < -0.4 is 10.6 Å². The fourth-order valence-corrected chi connectivity index (χ4v) is 3.38. The van der Waals surface area contributed by atoms with Gasteiger partial charge in [0.1, 0.15) is 5.52 Å². The number of pyridine rings is 1. The monoisotopic (exact) mass is 381 g/mol. The van der Waals surface area contributed by atoms with Gasteiger partial charge in [-0.3, -0.25) is 4.98 Å². The highest BCUT2D eigenvalue weighted by atomic mass is 15.2. The van der Waals surface area contributed by atoms with Crippen LogP contribution in [0.1, 0.15) is 11.1 Å². The van der Waals surface area contributed by atoms with E-state index >= 15 is 0 Å². The van der Waals surface area contributed by atoms with Crippen LogP contribution in [0, 0.1) is 13.8 Å². The molecule has 0 atom stereocenters. The predicted molar refractivity (Wildman–Crippen MR) is 116 cm³/mol. The number of aryl methyl sites for hydroxylation is 2. The first-order valence-corrected chi connectivity index (χ1v) is 9.33. The number of fused-ring (bicyclic) bond motifs is 2. The van der Waals surface area contributed by atoms with Gasteiger partial charge in [0, 0.05) is 11.1 Å². The Kier molecular flexibility index (Phi) is 4.05. The Bertz CT molecular complexity index is 1320. The Morgan fingerprint density at radius 1 is 0.862 bits per heavy atom. The molecule has 5 rings (SSSR count). The maximum atomic E-state index is 4.69. The zero-order valence-electron chi connectivity index (χ0n) is 16.1. The van der Waals surface area contributed by atoms with Gasteiger partial charge in [-0.25, -0.2) is 4.98 Å². The van der Waals surface area contributed by atoms with Gasteiger partial charge in [0.05, 0.1) is 23.7 Å². The van der Waals surface area contributed by atoms with E-state index in [2.05, 4.69) is 56.5 Å². The van der Waals surface area contributed by atoms with E-state index in [9.17, 15) is 0 Å². The van der Waals surface area contributed by atoms with Gasteiger partial charge < -0.3 is 15.6 Å². The maximum Gasteiger partial charge on any atom is 0.231 e. The number of imidazole rings is 1. The molecule has 0 fully saturated rings. The molecule has 3 N–H and O–H groups in total. The van der Waals surface area contributed by atoms with Crippen LogP contribution in [0.3, 0.4) is 0 Å². The fourth-order valence-electron chi connectivity index (χ4n) is 3.38. The molecule has 0 aliphatic heterocycles. The molecule has 0 amide bonds. The topological polar surface area (TPSA) is 91.4 Å². The number of rotatable bonds is 4. The fraction of sp³-hybridized carbons (Fsp3) is 0.0909. The number of benzene rings is 2. The molecule has 3 heterocycles. The minimum Gasteiger partial charge on any atom is -0.340 e. The number of nitrogens with one attached hydrogen (secondary N) is 3. The summed E-state index contributed by atoms with van der Waals surface area (Å²) in [5.41, 5.74) is 6.38. The lowest BCUT2D eigenvalue weighted by molar-refractivity contribution is 1.18. The van der Waals surface area contributed by atoms with Gasteiger partial charge in [-0.15, -0.1) is 0 Å². The van der Waals surface area contributed by atoms with Crippen molar-refractivity contribution in [1.29, 1.82) is 0 Å².